The lowest BCUT2D eigenvalue weighted by atomic mass is 10.3. The maximum absolute atomic E-state index is 5.49. The van der Waals surface area contributed by atoms with Gasteiger partial charge in [-0.15, -0.1) is 11.3 Å². The van der Waals surface area contributed by atoms with E-state index in [-0.39, 0.29) is 0 Å². The zero-order valence-electron chi connectivity index (χ0n) is 5.24. The highest BCUT2D eigenvalue weighted by Crippen LogP contribution is 2.26. The van der Waals surface area contributed by atoms with Crippen LogP contribution in [0.25, 0.3) is 10.6 Å². The number of hydrogen-bond donors (Lipinski definition) is 1. The summed E-state index contributed by atoms with van der Waals surface area (Å²) in [7, 11) is 0. The van der Waals surface area contributed by atoms with Crippen LogP contribution in [0.1, 0.15) is 0 Å². The summed E-state index contributed by atoms with van der Waals surface area (Å²) in [5.74, 6) is 0.609. The third kappa shape index (κ3) is 0.752. The first kappa shape index (κ1) is 5.68. The quantitative estimate of drug-likeness (QED) is 0.622. The second-order valence-electron chi connectivity index (χ2n) is 2.05. The number of rotatable bonds is 0. The summed E-state index contributed by atoms with van der Waals surface area (Å²) in [6.07, 6.45) is 0. The molecule has 0 saturated heterocycles. The fourth-order valence-electron chi connectivity index (χ4n) is 0.896. The van der Waals surface area contributed by atoms with Gasteiger partial charge in [-0.3, -0.25) is 0 Å². The lowest BCUT2D eigenvalue weighted by molar-refractivity contribution is 1.45. The van der Waals surface area contributed by atoms with Crippen molar-refractivity contribution >= 4 is 17.2 Å². The van der Waals surface area contributed by atoms with Gasteiger partial charge in [0.25, 0.3) is 0 Å². The molecule has 0 bridgehead atoms. The molecule has 2 heterocycles. The van der Waals surface area contributed by atoms with Crippen molar-refractivity contribution in [2.24, 2.45) is 0 Å². The molecule has 50 valence electrons. The van der Waals surface area contributed by atoms with Crippen LogP contribution in [0, 0.1) is 0 Å². The highest BCUT2D eigenvalue weighted by atomic mass is 32.1. The summed E-state index contributed by atoms with van der Waals surface area (Å²) in [4.78, 5) is 4.11. The molecule has 0 saturated carbocycles. The Kier molecular flexibility index (Phi) is 1.11. The summed E-state index contributed by atoms with van der Waals surface area (Å²) >= 11 is 1.61. The molecule has 0 amide bonds. The van der Waals surface area contributed by atoms with Crippen molar-refractivity contribution in [2.75, 3.05) is 5.73 Å². The largest absolute Gasteiger partial charge is 0.384 e. The smallest absolute Gasteiger partial charge is 0.125 e. The maximum Gasteiger partial charge on any atom is 0.125 e. The molecule has 0 fully saturated rings. The summed E-state index contributed by atoms with van der Waals surface area (Å²) in [6, 6.07) is 5.88. The van der Waals surface area contributed by atoms with Crippen molar-refractivity contribution < 1.29 is 0 Å². The zero-order valence-corrected chi connectivity index (χ0v) is 6.06. The fraction of sp³-hybridized carbons (Fsp3) is 0. The lowest BCUT2D eigenvalue weighted by Crippen LogP contribution is -1.79. The Labute approximate surface area is 62.7 Å². The van der Waals surface area contributed by atoms with Gasteiger partial charge in [0.05, 0.1) is 0 Å². The molecule has 0 aromatic carbocycles. The Morgan fingerprint density at radius 3 is 3.20 bits per heavy atom. The van der Waals surface area contributed by atoms with Gasteiger partial charge in [-0.25, -0.2) is 4.98 Å². The Morgan fingerprint density at radius 1 is 1.50 bits per heavy atom. The van der Waals surface area contributed by atoms with Crippen LogP contribution < -0.4 is 5.73 Å². The van der Waals surface area contributed by atoms with Crippen LogP contribution in [0.15, 0.2) is 23.6 Å². The summed E-state index contributed by atoms with van der Waals surface area (Å²) < 4.78 is 0. The molecule has 2 aliphatic heterocycles. The Morgan fingerprint density at radius 2 is 2.40 bits per heavy atom. The molecule has 0 spiro atoms. The van der Waals surface area contributed by atoms with E-state index in [1.54, 1.807) is 11.3 Å². The van der Waals surface area contributed by atoms with Crippen LogP contribution in [0.3, 0.4) is 0 Å². The van der Waals surface area contributed by atoms with Gasteiger partial charge in [0.1, 0.15) is 10.8 Å². The van der Waals surface area contributed by atoms with E-state index in [1.165, 1.54) is 0 Å². The van der Waals surface area contributed by atoms with Gasteiger partial charge in [0.2, 0.25) is 0 Å². The number of aromatic nitrogens is 1. The van der Waals surface area contributed by atoms with E-state index < -0.39 is 0 Å². The molecular weight excluding hydrogens is 144 g/mol. The molecule has 0 aromatic heterocycles. The van der Waals surface area contributed by atoms with Gasteiger partial charge in [0.15, 0.2) is 0 Å². The van der Waals surface area contributed by atoms with E-state index in [0.717, 1.165) is 10.6 Å². The average Bonchev–Trinajstić information content (AvgIpc) is 2.27. The van der Waals surface area contributed by atoms with Gasteiger partial charge in [-0.1, -0.05) is 12.1 Å². The van der Waals surface area contributed by atoms with E-state index in [2.05, 4.69) is 4.98 Å². The van der Waals surface area contributed by atoms with Crippen molar-refractivity contribution in [1.82, 2.24) is 4.98 Å². The first-order chi connectivity index (χ1) is 4.86. The Balaban J connectivity index is 2.76. The highest BCUT2D eigenvalue weighted by Gasteiger charge is 2.03. The second kappa shape index (κ2) is 1.95. The number of nitrogen functional groups attached to an aromatic ring is 1. The van der Waals surface area contributed by atoms with Crippen LogP contribution in [0.2, 0.25) is 0 Å². The SMILES string of the molecule is Nc1cc2cccsc-2n1. The molecule has 0 unspecified atom stereocenters. The van der Waals surface area contributed by atoms with E-state index >= 15 is 0 Å². The molecular formula is C7H6N2S. The molecule has 10 heavy (non-hydrogen) atoms. The standard InChI is InChI=1S/C7H6N2S/c8-6-4-5-2-1-3-10-7(5)9-6/h1-4H,8H2. The molecule has 2 rings (SSSR count). The predicted molar refractivity (Wildman–Crippen MR) is 43.1 cm³/mol. The van der Waals surface area contributed by atoms with Crippen LogP contribution in [0.4, 0.5) is 5.82 Å². The molecule has 3 heteroatoms. The summed E-state index contributed by atoms with van der Waals surface area (Å²) in [5, 5.41) is 3.01. The first-order valence-corrected chi connectivity index (χ1v) is 3.84. The zero-order chi connectivity index (χ0) is 6.97. The van der Waals surface area contributed by atoms with Crippen molar-refractivity contribution in [3.63, 3.8) is 0 Å². The van der Waals surface area contributed by atoms with E-state index in [4.69, 9.17) is 5.73 Å². The minimum Gasteiger partial charge on any atom is -0.384 e. The monoisotopic (exact) mass is 150 g/mol. The number of anilines is 1. The molecule has 2 aliphatic rings. The van der Waals surface area contributed by atoms with Crippen LogP contribution in [0.5, 0.6) is 0 Å². The van der Waals surface area contributed by atoms with Gasteiger partial charge in [0, 0.05) is 5.56 Å². The van der Waals surface area contributed by atoms with Crippen LogP contribution in [-0.2, 0) is 0 Å². The Bertz CT molecular complexity index is 285. The Hall–Kier alpha value is -1.09. The predicted octanol–water partition coefficient (Wildman–Crippen LogP) is 1.83. The molecule has 0 aromatic rings. The first-order valence-electron chi connectivity index (χ1n) is 2.96. The fourth-order valence-corrected chi connectivity index (χ4v) is 1.60. The van der Waals surface area contributed by atoms with Crippen molar-refractivity contribution in [3.8, 4) is 10.6 Å². The van der Waals surface area contributed by atoms with E-state index in [9.17, 15) is 0 Å². The molecule has 0 atom stereocenters. The van der Waals surface area contributed by atoms with Crippen molar-refractivity contribution in [1.29, 1.82) is 0 Å². The van der Waals surface area contributed by atoms with Crippen LogP contribution >= 0.6 is 11.3 Å². The van der Waals surface area contributed by atoms with Crippen molar-refractivity contribution in [2.45, 2.75) is 0 Å². The molecule has 0 aliphatic carbocycles. The van der Waals surface area contributed by atoms with Gasteiger partial charge >= 0.3 is 0 Å². The number of fused-ring (bicyclic) bond motifs is 1. The van der Waals surface area contributed by atoms with Crippen molar-refractivity contribution in [3.05, 3.63) is 23.6 Å². The topological polar surface area (TPSA) is 38.9 Å². The number of nitrogens with two attached hydrogens (primary N) is 1. The van der Waals surface area contributed by atoms with Crippen LogP contribution in [-0.4, -0.2) is 4.98 Å². The summed E-state index contributed by atoms with van der Waals surface area (Å²) in [6.45, 7) is 0. The number of hydrogen-bond acceptors (Lipinski definition) is 3. The van der Waals surface area contributed by atoms with Gasteiger partial charge in [-0.05, 0) is 11.4 Å². The van der Waals surface area contributed by atoms with Gasteiger partial charge in [-0.2, -0.15) is 0 Å². The van der Waals surface area contributed by atoms with E-state index in [1.807, 2.05) is 23.6 Å². The minimum absolute atomic E-state index is 0.609. The third-order valence-electron chi connectivity index (χ3n) is 1.32. The normalized spacial score (nSPS) is 10.4. The number of nitrogens with zero attached hydrogens (tertiary/aromatic N) is 1. The maximum atomic E-state index is 5.49. The molecule has 0 radical (unpaired) electrons. The van der Waals surface area contributed by atoms with Gasteiger partial charge < -0.3 is 5.73 Å². The lowest BCUT2D eigenvalue weighted by Gasteiger charge is -1.88. The average molecular weight is 150 g/mol. The highest BCUT2D eigenvalue weighted by molar-refractivity contribution is 7.12. The van der Waals surface area contributed by atoms with E-state index in [0.29, 0.717) is 5.82 Å². The second-order valence-corrected chi connectivity index (χ2v) is 2.95. The third-order valence-corrected chi connectivity index (χ3v) is 2.16. The summed E-state index contributed by atoms with van der Waals surface area (Å²) in [5.41, 5.74) is 6.62. The molecule has 2 N–H and O–H groups in total. The minimum atomic E-state index is 0.609. The molecule has 2 nitrogen and oxygen atoms in total.